The molecule has 7 rings (SSSR count). The van der Waals surface area contributed by atoms with Crippen molar-refractivity contribution in [2.24, 2.45) is 9.98 Å². The monoisotopic (exact) mass is 758 g/mol. The van der Waals surface area contributed by atoms with Gasteiger partial charge in [-0.15, -0.1) is 0 Å². The van der Waals surface area contributed by atoms with Gasteiger partial charge < -0.3 is 49.6 Å². The average molecular weight is 759 g/mol. The van der Waals surface area contributed by atoms with Crippen molar-refractivity contribution < 1.29 is 68.9 Å². The number of benzene rings is 3. The molecular weight excluding hydrogens is 722 g/mol. The molecule has 0 aromatic heterocycles. The number of amidine groups is 1. The summed E-state index contributed by atoms with van der Waals surface area (Å²) in [5.74, 6) is -2.72. The third-order valence-corrected chi connectivity index (χ3v) is 9.71. The van der Waals surface area contributed by atoms with Crippen molar-refractivity contribution in [1.82, 2.24) is 5.32 Å². The van der Waals surface area contributed by atoms with Gasteiger partial charge in [-0.25, -0.2) is 9.89 Å². The van der Waals surface area contributed by atoms with Gasteiger partial charge >= 0.3 is 0 Å². The normalized spacial score (nSPS) is 24.9. The van der Waals surface area contributed by atoms with Crippen molar-refractivity contribution in [2.75, 3.05) is 19.9 Å². The highest BCUT2D eigenvalue weighted by Crippen LogP contribution is 2.45. The van der Waals surface area contributed by atoms with Gasteiger partial charge in [0.2, 0.25) is 18.0 Å². The molecule has 1 saturated heterocycles. The van der Waals surface area contributed by atoms with Gasteiger partial charge in [-0.1, -0.05) is 24.3 Å². The number of nitrogens with one attached hydrogen (secondary N) is 3. The van der Waals surface area contributed by atoms with E-state index in [4.69, 9.17) is 19.6 Å². The molecule has 3 aromatic rings. The number of quaternary nitrogens is 1. The Bertz CT molecular complexity index is 2170. The highest BCUT2D eigenvalue weighted by molar-refractivity contribution is 6.68. The van der Waals surface area contributed by atoms with Crippen LogP contribution in [0.1, 0.15) is 55.0 Å². The first kappa shape index (κ1) is 37.7. The van der Waals surface area contributed by atoms with E-state index in [0.717, 1.165) is 0 Å². The lowest BCUT2D eigenvalue weighted by atomic mass is 9.81. The molecule has 0 saturated carbocycles. The Morgan fingerprint density at radius 1 is 0.964 bits per heavy atom. The lowest BCUT2D eigenvalue weighted by Crippen LogP contribution is -3.09. The zero-order chi connectivity index (χ0) is 39.1. The molecule has 3 aromatic carbocycles. The largest absolute Gasteiger partial charge is 0.486 e. The summed E-state index contributed by atoms with van der Waals surface area (Å²) in [5.41, 5.74) is 1.23. The van der Waals surface area contributed by atoms with Crippen LogP contribution in [-0.2, 0) is 27.4 Å². The number of aldehydes is 1. The summed E-state index contributed by atoms with van der Waals surface area (Å²) in [6, 6.07) is 12.6. The third-order valence-electron chi connectivity index (χ3n) is 9.71. The van der Waals surface area contributed by atoms with Crippen LogP contribution in [0.5, 0.6) is 11.5 Å². The van der Waals surface area contributed by atoms with Crippen LogP contribution in [-0.4, -0.2) is 129 Å². The van der Waals surface area contributed by atoms with Crippen molar-refractivity contribution in [1.29, 1.82) is 5.41 Å². The number of fused-ring (bicyclic) bond motifs is 3. The van der Waals surface area contributed by atoms with Crippen LogP contribution in [0.2, 0.25) is 0 Å². The molecule has 1 fully saturated rings. The molecule has 1 amide bonds. The molecule has 0 spiro atoms. The van der Waals surface area contributed by atoms with Gasteiger partial charge in [-0.05, 0) is 29.8 Å². The number of hydrogen-bond donors (Lipinski definition) is 9. The van der Waals surface area contributed by atoms with Crippen LogP contribution in [0.3, 0.4) is 0 Å². The molecule has 55 heavy (non-hydrogen) atoms. The van der Waals surface area contributed by atoms with Gasteiger partial charge in [0, 0.05) is 40.7 Å². The van der Waals surface area contributed by atoms with Crippen LogP contribution in [0.15, 0.2) is 58.5 Å². The summed E-state index contributed by atoms with van der Waals surface area (Å²) < 4.78 is 18.0. The topological polar surface area (TPSA) is 282 Å². The second kappa shape index (κ2) is 15.3. The lowest BCUT2D eigenvalue weighted by Gasteiger charge is -2.40. The van der Waals surface area contributed by atoms with Gasteiger partial charge in [-0.2, -0.15) is 4.99 Å². The molecule has 4 aliphatic rings. The minimum Gasteiger partial charge on any atom is -0.486 e. The number of ketones is 2. The average Bonchev–Trinajstić information content (AvgIpc) is 3.60. The van der Waals surface area contributed by atoms with Crippen molar-refractivity contribution in [2.45, 2.75) is 56.3 Å². The molecule has 0 radical (unpaired) electrons. The van der Waals surface area contributed by atoms with Crippen molar-refractivity contribution >= 4 is 47.0 Å². The van der Waals surface area contributed by atoms with E-state index in [9.17, 15) is 49.8 Å². The number of rotatable bonds is 12. The van der Waals surface area contributed by atoms with E-state index in [1.54, 1.807) is 24.3 Å². The summed E-state index contributed by atoms with van der Waals surface area (Å²) >= 11 is 0. The standard InChI is InChI=1S/C37H35N5O13/c38-37-40-34-26(35(52)41-37)39-15-42(34)23-4-2-1-3-17(23)10-18-11-22-25(28(48)21-9-16(12-44)5-6-20(21)27(22)47)33(53-14-19(46)7-8-43)32(18)55-36-31(51)30(50)29(49)24(13-45)54-36/h1-6,8-9,11,19,24,29-31,36,44-46,49-51H,7,10,12-15H2,(H2,38,41,52)/p+1. The molecule has 18 nitrogen and oxygen atoms in total. The second-order valence-corrected chi connectivity index (χ2v) is 13.2. The second-order valence-electron chi connectivity index (χ2n) is 13.2. The van der Waals surface area contributed by atoms with E-state index >= 15 is 0 Å². The van der Waals surface area contributed by atoms with Crippen molar-refractivity contribution in [3.05, 3.63) is 87.5 Å². The molecular formula is C37H36N5O13+. The molecule has 7 unspecified atom stereocenters. The zero-order valence-corrected chi connectivity index (χ0v) is 28.8. The number of hydrogen-bond acceptors (Lipinski definition) is 15. The van der Waals surface area contributed by atoms with Crippen LogP contribution < -0.4 is 19.7 Å². The fourth-order valence-electron chi connectivity index (χ4n) is 6.94. The van der Waals surface area contributed by atoms with E-state index in [2.05, 4.69) is 15.3 Å². The Balaban J connectivity index is 1.41. The predicted octanol–water partition coefficient (Wildman–Crippen LogP) is -2.56. The van der Waals surface area contributed by atoms with Crippen LogP contribution in [0, 0.1) is 5.41 Å². The lowest BCUT2D eigenvalue weighted by molar-refractivity contribution is -0.723. The highest BCUT2D eigenvalue weighted by Gasteiger charge is 2.46. The maximum Gasteiger partial charge on any atom is 0.284 e. The summed E-state index contributed by atoms with van der Waals surface area (Å²) in [7, 11) is 0. The van der Waals surface area contributed by atoms with Gasteiger partial charge in [0.1, 0.15) is 43.0 Å². The van der Waals surface area contributed by atoms with Crippen LogP contribution in [0.25, 0.3) is 0 Å². The predicted molar refractivity (Wildman–Crippen MR) is 188 cm³/mol. The number of carbonyl (C=O) groups is 4. The maximum absolute atomic E-state index is 14.3. The number of ether oxygens (including phenoxy) is 3. The van der Waals surface area contributed by atoms with E-state index in [1.807, 2.05) is 0 Å². The highest BCUT2D eigenvalue weighted by atomic mass is 16.7. The molecule has 1 aliphatic carbocycles. The SMILES string of the molecule is N=C1N=C2C(=NC[NH+]2c2ccccc2Cc2cc3c(c(OCC(O)CC=O)c2OC2OC(CO)C(O)C(O)C2O)C(=O)c2cc(CO)ccc2C3=O)C(=O)N1. The molecule has 286 valence electrons. The Morgan fingerprint density at radius 3 is 2.49 bits per heavy atom. The fraction of sp³-hybridized carbons (Fsp3) is 0.324. The first-order valence-electron chi connectivity index (χ1n) is 17.2. The minimum absolute atomic E-state index is 0.0396. The number of carbonyl (C=O) groups excluding carboxylic acids is 4. The van der Waals surface area contributed by atoms with Crippen molar-refractivity contribution in [3.8, 4) is 11.5 Å². The third kappa shape index (κ3) is 6.85. The van der Waals surface area contributed by atoms with E-state index in [1.165, 1.54) is 24.3 Å². The number of amides is 1. The fourth-order valence-corrected chi connectivity index (χ4v) is 6.94. The smallest absolute Gasteiger partial charge is 0.284 e. The van der Waals surface area contributed by atoms with E-state index in [0.29, 0.717) is 28.0 Å². The Morgan fingerprint density at radius 2 is 1.75 bits per heavy atom. The first-order chi connectivity index (χ1) is 26.4. The molecule has 3 heterocycles. The number of guanidine groups is 1. The number of aliphatic imine (C=N–C) groups is 2. The molecule has 3 aliphatic heterocycles. The summed E-state index contributed by atoms with van der Waals surface area (Å²) in [4.78, 5) is 61.4. The molecule has 7 atom stereocenters. The summed E-state index contributed by atoms with van der Waals surface area (Å²) in [6.07, 6.45) is -10.1. The molecule has 0 bridgehead atoms. The van der Waals surface area contributed by atoms with Crippen LogP contribution >= 0.6 is 0 Å². The quantitative estimate of drug-likeness (QED) is 0.0674. The van der Waals surface area contributed by atoms with E-state index in [-0.39, 0.29) is 76.3 Å². The van der Waals surface area contributed by atoms with Gasteiger partial charge in [0.25, 0.3) is 11.7 Å². The summed E-state index contributed by atoms with van der Waals surface area (Å²) in [6.45, 7) is -1.74. The summed E-state index contributed by atoms with van der Waals surface area (Å²) in [5, 5.41) is 72.6. The van der Waals surface area contributed by atoms with E-state index < -0.39 is 74.1 Å². The number of aliphatic hydroxyl groups is 6. The Hall–Kier alpha value is -5.57. The maximum atomic E-state index is 14.3. The zero-order valence-electron chi connectivity index (χ0n) is 28.8. The van der Waals surface area contributed by atoms with Crippen molar-refractivity contribution in [3.63, 3.8) is 0 Å². The number of para-hydroxylation sites is 1. The van der Waals surface area contributed by atoms with Gasteiger partial charge in [0.05, 0.1) is 24.9 Å². The molecule has 9 N–H and O–H groups in total. The van der Waals surface area contributed by atoms with Gasteiger partial charge in [0.15, 0.2) is 29.7 Å². The van der Waals surface area contributed by atoms with Gasteiger partial charge in [-0.3, -0.25) is 25.1 Å². The first-order valence-corrected chi connectivity index (χ1v) is 17.2. The Kier molecular flexibility index (Phi) is 10.5. The number of aliphatic hydroxyl groups excluding tert-OH is 6. The number of nitrogens with zero attached hydrogens (tertiary/aromatic N) is 2. The Labute approximate surface area is 311 Å². The minimum atomic E-state index is -1.91. The van der Waals surface area contributed by atoms with Crippen LogP contribution in [0.4, 0.5) is 5.69 Å². The molecule has 18 heteroatoms.